The number of hydrogen-bond acceptors (Lipinski definition) is 2. The van der Waals surface area contributed by atoms with E-state index in [1.54, 1.807) is 0 Å². The Hall–Kier alpha value is -1.61. The highest BCUT2D eigenvalue weighted by molar-refractivity contribution is 9.10. The van der Waals surface area contributed by atoms with Crippen molar-refractivity contribution in [3.63, 3.8) is 0 Å². The number of Topliss-reactive ketones (excluding diaryl/α,β-unsaturated/α-hetero) is 1. The second-order valence-corrected chi connectivity index (χ2v) is 5.53. The van der Waals surface area contributed by atoms with Crippen LogP contribution in [0.25, 0.3) is 0 Å². The van der Waals surface area contributed by atoms with Crippen LogP contribution < -0.4 is 4.74 Å². The van der Waals surface area contributed by atoms with Gasteiger partial charge in [-0.3, -0.25) is 4.79 Å². The first-order valence-corrected chi connectivity index (χ1v) is 7.43. The Bertz CT molecular complexity index is 579. The summed E-state index contributed by atoms with van der Waals surface area (Å²) >= 11 is 3.47. The van der Waals surface area contributed by atoms with Crippen molar-refractivity contribution in [3.8, 4) is 5.75 Å². The van der Waals surface area contributed by atoms with Crippen LogP contribution >= 0.6 is 15.9 Å². The van der Waals surface area contributed by atoms with E-state index in [-0.39, 0.29) is 5.78 Å². The molecule has 0 atom stereocenters. The van der Waals surface area contributed by atoms with Gasteiger partial charge in [-0.15, -0.1) is 0 Å². The van der Waals surface area contributed by atoms with Crippen molar-refractivity contribution in [2.45, 2.75) is 19.8 Å². The van der Waals surface area contributed by atoms with Gasteiger partial charge in [0, 0.05) is 12.0 Å². The largest absolute Gasteiger partial charge is 0.492 e. The van der Waals surface area contributed by atoms with Gasteiger partial charge in [0.1, 0.15) is 5.75 Å². The average molecular weight is 333 g/mol. The zero-order valence-corrected chi connectivity index (χ0v) is 13.0. The molecule has 0 aliphatic heterocycles. The predicted molar refractivity (Wildman–Crippen MR) is 84.4 cm³/mol. The molecule has 20 heavy (non-hydrogen) atoms. The first kappa shape index (κ1) is 14.8. The lowest BCUT2D eigenvalue weighted by atomic mass is 10.1. The number of ether oxygens (including phenoxy) is 1. The molecule has 2 nitrogen and oxygen atoms in total. The van der Waals surface area contributed by atoms with Gasteiger partial charge in [0.15, 0.2) is 5.78 Å². The molecule has 0 saturated carbocycles. The van der Waals surface area contributed by atoms with Gasteiger partial charge in [0.25, 0.3) is 0 Å². The highest BCUT2D eigenvalue weighted by atomic mass is 79.9. The first-order chi connectivity index (χ1) is 9.66. The Labute approximate surface area is 127 Å². The van der Waals surface area contributed by atoms with Gasteiger partial charge in [-0.1, -0.05) is 36.4 Å². The minimum atomic E-state index is 0.164. The SMILES string of the molecule is Cc1ccc(OCCCC(=O)c2ccccc2)c(Br)c1. The molecule has 0 saturated heterocycles. The van der Waals surface area contributed by atoms with E-state index in [1.807, 2.05) is 55.5 Å². The molecule has 104 valence electrons. The molecule has 0 radical (unpaired) electrons. The van der Waals surface area contributed by atoms with Crippen molar-refractivity contribution in [1.29, 1.82) is 0 Å². The van der Waals surface area contributed by atoms with Gasteiger partial charge < -0.3 is 4.74 Å². The summed E-state index contributed by atoms with van der Waals surface area (Å²) in [5, 5.41) is 0. The van der Waals surface area contributed by atoms with Gasteiger partial charge in [-0.2, -0.15) is 0 Å². The van der Waals surface area contributed by atoms with Crippen molar-refractivity contribution in [1.82, 2.24) is 0 Å². The van der Waals surface area contributed by atoms with Gasteiger partial charge in [-0.25, -0.2) is 0 Å². The molecule has 2 rings (SSSR count). The number of hydrogen-bond donors (Lipinski definition) is 0. The second-order valence-electron chi connectivity index (χ2n) is 4.68. The number of carbonyl (C=O) groups excluding carboxylic acids is 1. The number of ketones is 1. The van der Waals surface area contributed by atoms with Gasteiger partial charge in [-0.05, 0) is 47.0 Å². The number of halogens is 1. The van der Waals surface area contributed by atoms with Crippen LogP contribution in [0.5, 0.6) is 5.75 Å². The summed E-state index contributed by atoms with van der Waals surface area (Å²) in [6.45, 7) is 2.58. The number of rotatable bonds is 6. The van der Waals surface area contributed by atoms with E-state index in [4.69, 9.17) is 4.74 Å². The molecular formula is C17H17BrO2. The maximum atomic E-state index is 11.9. The van der Waals surface area contributed by atoms with Crippen molar-refractivity contribution in [2.75, 3.05) is 6.61 Å². The average Bonchev–Trinajstić information content (AvgIpc) is 2.46. The molecule has 0 aromatic heterocycles. The fourth-order valence-electron chi connectivity index (χ4n) is 1.91. The van der Waals surface area contributed by atoms with Crippen LogP contribution in [0.15, 0.2) is 53.0 Å². The Morgan fingerprint density at radius 1 is 1.15 bits per heavy atom. The van der Waals surface area contributed by atoms with Crippen LogP contribution in [0.2, 0.25) is 0 Å². The normalized spacial score (nSPS) is 10.3. The fourth-order valence-corrected chi connectivity index (χ4v) is 2.51. The third-order valence-corrected chi connectivity index (χ3v) is 3.61. The molecule has 0 aliphatic rings. The maximum absolute atomic E-state index is 11.9. The lowest BCUT2D eigenvalue weighted by Crippen LogP contribution is -2.04. The van der Waals surface area contributed by atoms with E-state index < -0.39 is 0 Å². The Kier molecular flexibility index (Phi) is 5.36. The zero-order chi connectivity index (χ0) is 14.4. The highest BCUT2D eigenvalue weighted by Crippen LogP contribution is 2.25. The predicted octanol–water partition coefficient (Wildman–Crippen LogP) is 4.80. The zero-order valence-electron chi connectivity index (χ0n) is 11.4. The van der Waals surface area contributed by atoms with Crippen molar-refractivity contribution in [3.05, 3.63) is 64.1 Å². The number of carbonyl (C=O) groups is 1. The summed E-state index contributed by atoms with van der Waals surface area (Å²) in [6.07, 6.45) is 1.22. The van der Waals surface area contributed by atoms with Gasteiger partial charge in [0.2, 0.25) is 0 Å². The molecule has 3 heteroatoms. The minimum absolute atomic E-state index is 0.164. The molecule has 0 N–H and O–H groups in total. The lowest BCUT2D eigenvalue weighted by Gasteiger charge is -2.08. The van der Waals surface area contributed by atoms with Crippen LogP contribution in [0.3, 0.4) is 0 Å². The summed E-state index contributed by atoms with van der Waals surface area (Å²) in [6, 6.07) is 15.3. The van der Waals surface area contributed by atoms with E-state index in [1.165, 1.54) is 5.56 Å². The molecule has 2 aromatic carbocycles. The van der Waals surface area contributed by atoms with Crippen molar-refractivity contribution >= 4 is 21.7 Å². The Morgan fingerprint density at radius 3 is 2.60 bits per heavy atom. The molecule has 2 aromatic rings. The van der Waals surface area contributed by atoms with Gasteiger partial charge >= 0.3 is 0 Å². The summed E-state index contributed by atoms with van der Waals surface area (Å²) < 4.78 is 6.63. The van der Waals surface area contributed by atoms with Crippen LogP contribution in [0.4, 0.5) is 0 Å². The smallest absolute Gasteiger partial charge is 0.163 e. The molecule has 0 amide bonds. The van der Waals surface area contributed by atoms with Crippen molar-refractivity contribution in [2.24, 2.45) is 0 Å². The lowest BCUT2D eigenvalue weighted by molar-refractivity contribution is 0.0973. The molecule has 0 heterocycles. The van der Waals surface area contributed by atoms with E-state index in [0.29, 0.717) is 19.4 Å². The fraction of sp³-hybridized carbons (Fsp3) is 0.235. The van der Waals surface area contributed by atoms with Crippen molar-refractivity contribution < 1.29 is 9.53 Å². The van der Waals surface area contributed by atoms with Crippen LogP contribution in [0, 0.1) is 6.92 Å². The highest BCUT2D eigenvalue weighted by Gasteiger charge is 2.05. The topological polar surface area (TPSA) is 26.3 Å². The van der Waals surface area contributed by atoms with E-state index >= 15 is 0 Å². The summed E-state index contributed by atoms with van der Waals surface area (Å²) in [5.74, 6) is 0.986. The molecule has 0 fully saturated rings. The second kappa shape index (κ2) is 7.25. The van der Waals surface area contributed by atoms with E-state index in [9.17, 15) is 4.79 Å². The van der Waals surface area contributed by atoms with Crippen LogP contribution in [-0.4, -0.2) is 12.4 Å². The molecule has 0 spiro atoms. The van der Waals surface area contributed by atoms with Crippen LogP contribution in [0.1, 0.15) is 28.8 Å². The quantitative estimate of drug-likeness (QED) is 0.561. The summed E-state index contributed by atoms with van der Waals surface area (Å²) in [5.41, 5.74) is 1.95. The van der Waals surface area contributed by atoms with E-state index in [0.717, 1.165) is 15.8 Å². The molecular weight excluding hydrogens is 316 g/mol. The summed E-state index contributed by atoms with van der Waals surface area (Å²) in [4.78, 5) is 11.9. The third kappa shape index (κ3) is 4.20. The van der Waals surface area contributed by atoms with Gasteiger partial charge in [0.05, 0.1) is 11.1 Å². The first-order valence-electron chi connectivity index (χ1n) is 6.64. The molecule has 0 bridgehead atoms. The minimum Gasteiger partial charge on any atom is -0.492 e. The number of benzene rings is 2. The maximum Gasteiger partial charge on any atom is 0.163 e. The standard InChI is InChI=1S/C17H17BrO2/c1-13-9-10-17(15(18)12-13)20-11-5-8-16(19)14-6-3-2-4-7-14/h2-4,6-7,9-10,12H,5,8,11H2,1H3. The Morgan fingerprint density at radius 2 is 1.90 bits per heavy atom. The molecule has 0 aliphatic carbocycles. The third-order valence-electron chi connectivity index (χ3n) is 2.99. The monoisotopic (exact) mass is 332 g/mol. The van der Waals surface area contributed by atoms with Crippen LogP contribution in [-0.2, 0) is 0 Å². The summed E-state index contributed by atoms with van der Waals surface area (Å²) in [7, 11) is 0. The Balaban J connectivity index is 1.78. The molecule has 0 unspecified atom stereocenters. The van der Waals surface area contributed by atoms with E-state index in [2.05, 4.69) is 15.9 Å². The number of aryl methyl sites for hydroxylation is 1.